The standard InChI is InChI=1S/C23H21NO5/c1-12-8-18(26)21(22(28)29-12)16-9-15(13-4-6-14(25)7-5-13)20-17(24-16)10-23(2,3)11-19(20)27/h4-9,25-26H,10-11H2,1-3H3. The monoisotopic (exact) mass is 391 g/mol. The van der Waals surface area contributed by atoms with Crippen LogP contribution in [-0.2, 0) is 6.42 Å². The number of fused-ring (bicyclic) bond motifs is 1. The van der Waals surface area contributed by atoms with E-state index in [-0.39, 0.29) is 34.0 Å². The summed E-state index contributed by atoms with van der Waals surface area (Å²) in [6, 6.07) is 9.49. The lowest BCUT2D eigenvalue weighted by Gasteiger charge is -2.31. The third-order valence-electron chi connectivity index (χ3n) is 5.15. The predicted octanol–water partition coefficient (Wildman–Crippen LogP) is 4.24. The van der Waals surface area contributed by atoms with E-state index in [0.29, 0.717) is 41.0 Å². The van der Waals surface area contributed by atoms with Gasteiger partial charge in [0.05, 0.1) is 11.4 Å². The molecule has 0 bridgehead atoms. The van der Waals surface area contributed by atoms with E-state index in [4.69, 9.17) is 4.42 Å². The summed E-state index contributed by atoms with van der Waals surface area (Å²) in [6.45, 7) is 5.58. The Morgan fingerprint density at radius 1 is 1.00 bits per heavy atom. The van der Waals surface area contributed by atoms with Gasteiger partial charge in [0.25, 0.3) is 0 Å². The van der Waals surface area contributed by atoms with E-state index in [1.165, 1.54) is 18.2 Å². The van der Waals surface area contributed by atoms with Crippen LogP contribution >= 0.6 is 0 Å². The van der Waals surface area contributed by atoms with Crippen LogP contribution in [0.2, 0.25) is 0 Å². The molecule has 4 rings (SSSR count). The average Bonchev–Trinajstić information content (AvgIpc) is 2.59. The average molecular weight is 391 g/mol. The number of benzene rings is 1. The smallest absolute Gasteiger partial charge is 0.349 e. The van der Waals surface area contributed by atoms with E-state index < -0.39 is 5.63 Å². The van der Waals surface area contributed by atoms with Gasteiger partial charge in [0.15, 0.2) is 5.78 Å². The maximum atomic E-state index is 13.0. The number of carbonyl (C=O) groups excluding carboxylic acids is 1. The van der Waals surface area contributed by atoms with Gasteiger partial charge < -0.3 is 14.6 Å². The summed E-state index contributed by atoms with van der Waals surface area (Å²) in [7, 11) is 0. The van der Waals surface area contributed by atoms with E-state index in [9.17, 15) is 19.8 Å². The number of phenols is 1. The molecule has 0 unspecified atom stereocenters. The highest BCUT2D eigenvalue weighted by atomic mass is 16.4. The third-order valence-corrected chi connectivity index (χ3v) is 5.15. The number of pyridine rings is 1. The minimum atomic E-state index is -0.687. The van der Waals surface area contributed by atoms with Crippen molar-refractivity contribution < 1.29 is 19.4 Å². The summed E-state index contributed by atoms with van der Waals surface area (Å²) >= 11 is 0. The first-order valence-corrected chi connectivity index (χ1v) is 9.35. The molecule has 0 saturated carbocycles. The second-order valence-electron chi connectivity index (χ2n) is 8.27. The lowest BCUT2D eigenvalue weighted by atomic mass is 9.74. The molecule has 1 aliphatic rings. The number of aromatic hydroxyl groups is 2. The Morgan fingerprint density at radius 3 is 2.34 bits per heavy atom. The van der Waals surface area contributed by atoms with Crippen LogP contribution in [0.1, 0.15) is 42.1 Å². The molecular formula is C23H21NO5. The number of aryl methyl sites for hydroxylation is 1. The van der Waals surface area contributed by atoms with Gasteiger partial charge in [-0.1, -0.05) is 26.0 Å². The van der Waals surface area contributed by atoms with Crippen molar-refractivity contribution in [3.8, 4) is 33.9 Å². The highest BCUT2D eigenvalue weighted by Crippen LogP contribution is 2.40. The van der Waals surface area contributed by atoms with Gasteiger partial charge in [0.1, 0.15) is 22.8 Å². The second-order valence-corrected chi connectivity index (χ2v) is 8.27. The fourth-order valence-corrected chi connectivity index (χ4v) is 3.90. The molecule has 0 amide bonds. The molecule has 2 aromatic heterocycles. The first kappa shape index (κ1) is 18.9. The van der Waals surface area contributed by atoms with Gasteiger partial charge in [-0.25, -0.2) is 4.79 Å². The van der Waals surface area contributed by atoms with Crippen LogP contribution in [0.15, 0.2) is 45.6 Å². The molecule has 2 heterocycles. The van der Waals surface area contributed by atoms with Crippen molar-refractivity contribution >= 4 is 5.78 Å². The zero-order valence-electron chi connectivity index (χ0n) is 16.4. The van der Waals surface area contributed by atoms with Crippen LogP contribution in [0.3, 0.4) is 0 Å². The minimum absolute atomic E-state index is 0.0152. The van der Waals surface area contributed by atoms with Crippen molar-refractivity contribution in [2.24, 2.45) is 5.41 Å². The lowest BCUT2D eigenvalue weighted by Crippen LogP contribution is -2.28. The first-order valence-electron chi connectivity index (χ1n) is 9.35. The molecule has 1 aliphatic carbocycles. The van der Waals surface area contributed by atoms with Gasteiger partial charge in [-0.3, -0.25) is 9.78 Å². The van der Waals surface area contributed by atoms with Crippen molar-refractivity contribution in [1.82, 2.24) is 4.98 Å². The van der Waals surface area contributed by atoms with Gasteiger partial charge in [-0.05, 0) is 48.1 Å². The molecule has 3 aromatic rings. The van der Waals surface area contributed by atoms with Crippen molar-refractivity contribution in [3.05, 3.63) is 63.8 Å². The van der Waals surface area contributed by atoms with Gasteiger partial charge in [-0.15, -0.1) is 0 Å². The largest absolute Gasteiger partial charge is 0.508 e. The number of hydrogen-bond acceptors (Lipinski definition) is 6. The summed E-state index contributed by atoms with van der Waals surface area (Å²) in [5, 5.41) is 20.0. The molecule has 0 radical (unpaired) electrons. The third kappa shape index (κ3) is 3.42. The highest BCUT2D eigenvalue weighted by molar-refractivity contribution is 6.05. The maximum absolute atomic E-state index is 13.0. The van der Waals surface area contributed by atoms with E-state index in [0.717, 1.165) is 0 Å². The molecular weight excluding hydrogens is 370 g/mol. The van der Waals surface area contributed by atoms with E-state index >= 15 is 0 Å². The van der Waals surface area contributed by atoms with Crippen molar-refractivity contribution in [3.63, 3.8) is 0 Å². The normalized spacial score (nSPS) is 15.2. The van der Waals surface area contributed by atoms with Crippen LogP contribution < -0.4 is 5.63 Å². The Bertz CT molecular complexity index is 1190. The van der Waals surface area contributed by atoms with E-state index in [1.54, 1.807) is 25.1 Å². The van der Waals surface area contributed by atoms with E-state index in [2.05, 4.69) is 4.98 Å². The summed E-state index contributed by atoms with van der Waals surface area (Å²) in [6.07, 6.45) is 0.953. The van der Waals surface area contributed by atoms with Gasteiger partial charge >= 0.3 is 5.63 Å². The molecule has 0 fully saturated rings. The number of ketones is 1. The first-order chi connectivity index (χ1) is 13.6. The Labute approximate surface area is 167 Å². The van der Waals surface area contributed by atoms with Crippen LogP contribution in [0.25, 0.3) is 22.4 Å². The number of hydrogen-bond donors (Lipinski definition) is 2. The number of carbonyl (C=O) groups is 1. The number of aromatic nitrogens is 1. The molecule has 0 atom stereocenters. The molecule has 6 nitrogen and oxygen atoms in total. The fraction of sp³-hybridized carbons (Fsp3) is 0.261. The van der Waals surface area contributed by atoms with Crippen molar-refractivity contribution in [2.75, 3.05) is 0 Å². The quantitative estimate of drug-likeness (QED) is 0.677. The molecule has 0 aliphatic heterocycles. The summed E-state index contributed by atoms with van der Waals surface area (Å²) in [4.78, 5) is 30.0. The lowest BCUT2D eigenvalue weighted by molar-refractivity contribution is 0.0911. The molecule has 0 spiro atoms. The molecule has 2 N–H and O–H groups in total. The van der Waals surface area contributed by atoms with E-state index in [1.807, 2.05) is 13.8 Å². The summed E-state index contributed by atoms with van der Waals surface area (Å²) in [5.41, 5.74) is 1.71. The van der Waals surface area contributed by atoms with Gasteiger partial charge in [-0.2, -0.15) is 0 Å². The Kier molecular flexibility index (Phi) is 4.30. The predicted molar refractivity (Wildman–Crippen MR) is 108 cm³/mol. The number of rotatable bonds is 2. The minimum Gasteiger partial charge on any atom is -0.508 e. The van der Waals surface area contributed by atoms with Crippen molar-refractivity contribution in [2.45, 2.75) is 33.6 Å². The fourth-order valence-electron chi connectivity index (χ4n) is 3.90. The molecule has 0 saturated heterocycles. The Balaban J connectivity index is 2.03. The summed E-state index contributed by atoms with van der Waals surface area (Å²) in [5.74, 6) is 0.174. The van der Waals surface area contributed by atoms with Gasteiger partial charge in [0.2, 0.25) is 0 Å². The van der Waals surface area contributed by atoms with Crippen LogP contribution in [0.5, 0.6) is 11.5 Å². The molecule has 6 heteroatoms. The highest BCUT2D eigenvalue weighted by Gasteiger charge is 2.34. The van der Waals surface area contributed by atoms with Crippen LogP contribution in [-0.4, -0.2) is 21.0 Å². The number of phenolic OH excluding ortho intramolecular Hbond substituents is 1. The molecule has 1 aromatic carbocycles. The van der Waals surface area contributed by atoms with Gasteiger partial charge in [0, 0.05) is 18.1 Å². The SMILES string of the molecule is Cc1cc(O)c(-c2cc(-c3ccc(O)cc3)c3c(n2)CC(C)(C)CC3=O)c(=O)o1. The zero-order chi connectivity index (χ0) is 20.9. The molecule has 148 valence electrons. The zero-order valence-corrected chi connectivity index (χ0v) is 16.4. The Morgan fingerprint density at radius 2 is 1.69 bits per heavy atom. The van der Waals surface area contributed by atoms with Crippen LogP contribution in [0.4, 0.5) is 0 Å². The topological polar surface area (TPSA) is 101 Å². The second kappa shape index (κ2) is 6.58. The molecule has 29 heavy (non-hydrogen) atoms. The van der Waals surface area contributed by atoms with Crippen LogP contribution in [0, 0.1) is 12.3 Å². The maximum Gasteiger partial charge on any atom is 0.349 e. The Hall–Kier alpha value is -3.41. The number of Topliss-reactive ketones (excluding diaryl/α,β-unsaturated/α-hetero) is 1. The summed E-state index contributed by atoms with van der Waals surface area (Å²) < 4.78 is 5.16. The number of nitrogens with zero attached hydrogens (tertiary/aromatic N) is 1. The van der Waals surface area contributed by atoms with Crippen molar-refractivity contribution in [1.29, 1.82) is 0 Å².